The molecule has 1 saturated carbocycles. The third-order valence-corrected chi connectivity index (χ3v) is 4.65. The molecule has 4 nitrogen and oxygen atoms in total. The predicted octanol–water partition coefficient (Wildman–Crippen LogP) is 3.32. The first-order valence-electron chi connectivity index (χ1n) is 8.22. The second-order valence-corrected chi connectivity index (χ2v) is 6.60. The molecule has 2 N–H and O–H groups in total. The maximum atomic E-state index is 5.75. The van der Waals surface area contributed by atoms with Crippen molar-refractivity contribution in [2.24, 2.45) is 17.6 Å². The van der Waals surface area contributed by atoms with Gasteiger partial charge in [0.1, 0.15) is 11.3 Å². The average molecular weight is 286 g/mol. The van der Waals surface area contributed by atoms with E-state index in [1.807, 2.05) is 12.3 Å². The molecule has 3 rings (SSSR count). The first-order valence-corrected chi connectivity index (χ1v) is 8.22. The number of pyridine rings is 1. The Kier molecular flexibility index (Phi) is 4.24. The van der Waals surface area contributed by atoms with Crippen molar-refractivity contribution >= 4 is 11.2 Å². The molecule has 0 aromatic carbocycles. The van der Waals surface area contributed by atoms with E-state index in [4.69, 9.17) is 10.7 Å². The van der Waals surface area contributed by atoms with Crippen LogP contribution in [0, 0.1) is 11.8 Å². The van der Waals surface area contributed by atoms with Gasteiger partial charge in [-0.1, -0.05) is 13.8 Å². The Morgan fingerprint density at radius 1 is 1.33 bits per heavy atom. The van der Waals surface area contributed by atoms with Gasteiger partial charge in [0.25, 0.3) is 0 Å². The molecule has 0 bridgehead atoms. The van der Waals surface area contributed by atoms with E-state index in [1.54, 1.807) is 0 Å². The first-order chi connectivity index (χ1) is 10.2. The summed E-state index contributed by atoms with van der Waals surface area (Å²) in [5.41, 5.74) is 7.86. The topological polar surface area (TPSA) is 56.7 Å². The first kappa shape index (κ1) is 14.5. The summed E-state index contributed by atoms with van der Waals surface area (Å²) in [6.07, 6.45) is 7.73. The lowest BCUT2D eigenvalue weighted by atomic mass is 9.88. The summed E-state index contributed by atoms with van der Waals surface area (Å²) in [6, 6.07) is 4.68. The van der Waals surface area contributed by atoms with Gasteiger partial charge in [0.15, 0.2) is 5.65 Å². The minimum atomic E-state index is 0.631. The van der Waals surface area contributed by atoms with Gasteiger partial charge >= 0.3 is 0 Å². The second kappa shape index (κ2) is 6.14. The molecule has 0 saturated heterocycles. The summed E-state index contributed by atoms with van der Waals surface area (Å²) in [7, 11) is 0. The molecule has 0 aliphatic heterocycles. The average Bonchev–Trinajstić information content (AvgIpc) is 3.23. The van der Waals surface area contributed by atoms with Gasteiger partial charge in [-0.2, -0.15) is 0 Å². The molecule has 2 heterocycles. The van der Waals surface area contributed by atoms with Gasteiger partial charge in [0.05, 0.1) is 0 Å². The second-order valence-electron chi connectivity index (χ2n) is 6.60. The van der Waals surface area contributed by atoms with Gasteiger partial charge in [0, 0.05) is 18.7 Å². The Morgan fingerprint density at radius 2 is 2.14 bits per heavy atom. The summed E-state index contributed by atoms with van der Waals surface area (Å²) in [6.45, 7) is 5.38. The van der Waals surface area contributed by atoms with Crippen LogP contribution in [-0.4, -0.2) is 21.1 Å². The van der Waals surface area contributed by atoms with E-state index in [1.165, 1.54) is 25.1 Å². The van der Waals surface area contributed by atoms with E-state index in [2.05, 4.69) is 29.5 Å². The van der Waals surface area contributed by atoms with Crippen molar-refractivity contribution in [3.63, 3.8) is 0 Å². The monoisotopic (exact) mass is 286 g/mol. The minimum absolute atomic E-state index is 0.631. The Bertz CT molecular complexity index is 598. The molecule has 2 aromatic rings. The quantitative estimate of drug-likeness (QED) is 0.849. The molecule has 1 atom stereocenters. The fraction of sp³-hybridized carbons (Fsp3) is 0.647. The molecular formula is C17H26N4. The lowest BCUT2D eigenvalue weighted by molar-refractivity contribution is 0.337. The van der Waals surface area contributed by atoms with Crippen molar-refractivity contribution in [3.05, 3.63) is 24.2 Å². The lowest BCUT2D eigenvalue weighted by Crippen LogP contribution is -2.16. The van der Waals surface area contributed by atoms with Gasteiger partial charge in [-0.25, -0.2) is 9.97 Å². The molecule has 0 radical (unpaired) electrons. The van der Waals surface area contributed by atoms with Crippen molar-refractivity contribution in [3.8, 4) is 0 Å². The molecule has 0 spiro atoms. The van der Waals surface area contributed by atoms with Crippen LogP contribution in [0.3, 0.4) is 0 Å². The highest BCUT2D eigenvalue weighted by atomic mass is 15.2. The van der Waals surface area contributed by atoms with Crippen LogP contribution in [-0.2, 0) is 6.42 Å². The van der Waals surface area contributed by atoms with Crippen LogP contribution < -0.4 is 5.73 Å². The van der Waals surface area contributed by atoms with E-state index >= 15 is 0 Å². The summed E-state index contributed by atoms with van der Waals surface area (Å²) in [5.74, 6) is 2.59. The Balaban J connectivity index is 1.81. The molecule has 4 heteroatoms. The zero-order chi connectivity index (χ0) is 14.8. The summed E-state index contributed by atoms with van der Waals surface area (Å²) in [4.78, 5) is 9.38. The molecule has 0 amide bonds. The van der Waals surface area contributed by atoms with Crippen LogP contribution in [0.4, 0.5) is 0 Å². The SMILES string of the molecule is CC(C)C(CCN)CCc1nc2cccnc2n1C1CC1. The molecular weight excluding hydrogens is 260 g/mol. The van der Waals surface area contributed by atoms with E-state index in [0.29, 0.717) is 17.9 Å². The third kappa shape index (κ3) is 3.10. The summed E-state index contributed by atoms with van der Waals surface area (Å²) in [5, 5.41) is 0. The van der Waals surface area contributed by atoms with Crippen LogP contribution >= 0.6 is 0 Å². The van der Waals surface area contributed by atoms with Crippen LogP contribution in [0.15, 0.2) is 18.3 Å². The number of aryl methyl sites for hydroxylation is 1. The molecule has 1 aliphatic rings. The number of imidazole rings is 1. The zero-order valence-corrected chi connectivity index (χ0v) is 13.1. The molecule has 2 aromatic heterocycles. The smallest absolute Gasteiger partial charge is 0.160 e. The van der Waals surface area contributed by atoms with Crippen molar-refractivity contribution < 1.29 is 0 Å². The van der Waals surface area contributed by atoms with Gasteiger partial charge in [-0.3, -0.25) is 0 Å². The molecule has 1 fully saturated rings. The number of aromatic nitrogens is 3. The number of rotatable bonds is 7. The van der Waals surface area contributed by atoms with Crippen molar-refractivity contribution in [1.82, 2.24) is 14.5 Å². The number of nitrogens with zero attached hydrogens (tertiary/aromatic N) is 3. The number of fused-ring (bicyclic) bond motifs is 1. The maximum absolute atomic E-state index is 5.75. The number of hydrogen-bond donors (Lipinski definition) is 1. The normalized spacial score (nSPS) is 16.8. The van der Waals surface area contributed by atoms with Crippen molar-refractivity contribution in [1.29, 1.82) is 0 Å². The lowest BCUT2D eigenvalue weighted by Gasteiger charge is -2.20. The van der Waals surface area contributed by atoms with E-state index in [9.17, 15) is 0 Å². The number of nitrogens with two attached hydrogens (primary N) is 1. The van der Waals surface area contributed by atoms with Gasteiger partial charge in [-0.05, 0) is 56.2 Å². The summed E-state index contributed by atoms with van der Waals surface area (Å²) >= 11 is 0. The van der Waals surface area contributed by atoms with Crippen molar-refractivity contribution in [2.45, 2.75) is 52.0 Å². The third-order valence-electron chi connectivity index (χ3n) is 4.65. The number of hydrogen-bond acceptors (Lipinski definition) is 3. The highest BCUT2D eigenvalue weighted by Crippen LogP contribution is 2.38. The maximum Gasteiger partial charge on any atom is 0.160 e. The van der Waals surface area contributed by atoms with E-state index in [-0.39, 0.29) is 0 Å². The Hall–Kier alpha value is -1.42. The Labute approximate surface area is 126 Å². The van der Waals surface area contributed by atoms with Gasteiger partial charge < -0.3 is 10.3 Å². The van der Waals surface area contributed by atoms with Crippen LogP contribution in [0.5, 0.6) is 0 Å². The Morgan fingerprint density at radius 3 is 2.81 bits per heavy atom. The van der Waals surface area contributed by atoms with E-state index in [0.717, 1.165) is 30.6 Å². The largest absolute Gasteiger partial charge is 0.330 e. The highest BCUT2D eigenvalue weighted by Gasteiger charge is 2.28. The highest BCUT2D eigenvalue weighted by molar-refractivity contribution is 5.71. The molecule has 1 unspecified atom stereocenters. The van der Waals surface area contributed by atoms with Crippen LogP contribution in [0.2, 0.25) is 0 Å². The standard InChI is InChI=1S/C17H26N4/c1-12(2)13(9-10-18)5-8-16-20-15-4-3-11-19-17(15)21(16)14-6-7-14/h3-4,11-14H,5-10,18H2,1-2H3. The van der Waals surface area contributed by atoms with Gasteiger partial charge in [0.2, 0.25) is 0 Å². The summed E-state index contributed by atoms with van der Waals surface area (Å²) < 4.78 is 2.38. The molecule has 21 heavy (non-hydrogen) atoms. The zero-order valence-electron chi connectivity index (χ0n) is 13.1. The predicted molar refractivity (Wildman–Crippen MR) is 86.1 cm³/mol. The van der Waals surface area contributed by atoms with Crippen LogP contribution in [0.1, 0.15) is 51.4 Å². The van der Waals surface area contributed by atoms with Gasteiger partial charge in [-0.15, -0.1) is 0 Å². The molecule has 114 valence electrons. The van der Waals surface area contributed by atoms with Crippen LogP contribution in [0.25, 0.3) is 11.2 Å². The fourth-order valence-corrected chi connectivity index (χ4v) is 3.21. The van der Waals surface area contributed by atoms with Crippen molar-refractivity contribution in [2.75, 3.05) is 6.54 Å². The van der Waals surface area contributed by atoms with E-state index < -0.39 is 0 Å². The minimum Gasteiger partial charge on any atom is -0.330 e. The fourth-order valence-electron chi connectivity index (χ4n) is 3.21. The molecule has 1 aliphatic carbocycles.